The predicted molar refractivity (Wildman–Crippen MR) is 75.6 cm³/mol. The van der Waals surface area contributed by atoms with Crippen LogP contribution in [0.4, 0.5) is 10.2 Å². The van der Waals surface area contributed by atoms with Gasteiger partial charge in [-0.15, -0.1) is 0 Å². The largest absolute Gasteiger partial charge is 0.507 e. The molecule has 0 saturated carbocycles. The number of H-pyrrole nitrogens is 1. The van der Waals surface area contributed by atoms with Crippen LogP contribution in [0.5, 0.6) is 5.75 Å². The van der Waals surface area contributed by atoms with Crippen LogP contribution in [0.15, 0.2) is 42.9 Å². The minimum absolute atomic E-state index is 0.100. The first-order valence-corrected chi connectivity index (χ1v) is 6.25. The minimum atomic E-state index is -0.493. The van der Waals surface area contributed by atoms with Crippen molar-refractivity contribution in [3.8, 4) is 17.0 Å². The quantitative estimate of drug-likeness (QED) is 0.686. The van der Waals surface area contributed by atoms with E-state index in [9.17, 15) is 14.3 Å². The fourth-order valence-electron chi connectivity index (χ4n) is 1.84. The average Bonchev–Trinajstić information content (AvgIpc) is 2.99. The molecule has 8 heteroatoms. The number of hydrogen-bond acceptors (Lipinski definition) is 5. The van der Waals surface area contributed by atoms with Crippen molar-refractivity contribution in [3.63, 3.8) is 0 Å². The Morgan fingerprint density at radius 1 is 1.27 bits per heavy atom. The van der Waals surface area contributed by atoms with Crippen LogP contribution in [0, 0.1) is 5.82 Å². The number of amides is 1. The molecule has 0 unspecified atom stereocenters. The number of nitrogens with one attached hydrogen (secondary N) is 2. The van der Waals surface area contributed by atoms with Gasteiger partial charge in [0.15, 0.2) is 5.82 Å². The highest BCUT2D eigenvalue weighted by atomic mass is 19.1. The van der Waals surface area contributed by atoms with Gasteiger partial charge in [0.05, 0.1) is 11.9 Å². The van der Waals surface area contributed by atoms with E-state index in [1.165, 1.54) is 30.7 Å². The molecule has 0 aliphatic heterocycles. The molecule has 3 N–H and O–H groups in total. The molecule has 2 heterocycles. The lowest BCUT2D eigenvalue weighted by atomic mass is 10.1. The Kier molecular flexibility index (Phi) is 3.48. The standard InChI is InChI=1S/C14H10FN5O2/c15-8-1-2-12(21)9(5-8)10-6-13(20-19-10)18-14(22)11-7-16-3-4-17-11/h1-7,21H,(H2,18,19,20,22). The van der Waals surface area contributed by atoms with Crippen molar-refractivity contribution >= 4 is 11.7 Å². The number of phenolic OH excluding ortho intramolecular Hbond substituents is 1. The molecule has 0 bridgehead atoms. The van der Waals surface area contributed by atoms with E-state index >= 15 is 0 Å². The zero-order chi connectivity index (χ0) is 15.5. The molecule has 1 amide bonds. The molecule has 110 valence electrons. The zero-order valence-electron chi connectivity index (χ0n) is 11.1. The Morgan fingerprint density at radius 2 is 2.14 bits per heavy atom. The molecule has 3 aromatic rings. The number of aromatic nitrogens is 4. The maximum atomic E-state index is 13.2. The van der Waals surface area contributed by atoms with Crippen molar-refractivity contribution in [2.75, 3.05) is 5.32 Å². The number of carbonyl (C=O) groups is 1. The van der Waals surface area contributed by atoms with Crippen LogP contribution in [-0.2, 0) is 0 Å². The molecule has 0 aliphatic rings. The lowest BCUT2D eigenvalue weighted by Gasteiger charge is -2.01. The molecule has 7 nitrogen and oxygen atoms in total. The highest BCUT2D eigenvalue weighted by Gasteiger charge is 2.12. The number of hydrogen-bond donors (Lipinski definition) is 3. The molecule has 0 spiro atoms. The van der Waals surface area contributed by atoms with Crippen molar-refractivity contribution in [3.05, 3.63) is 54.4 Å². The number of nitrogens with zero attached hydrogens (tertiary/aromatic N) is 3. The molecule has 0 saturated heterocycles. The molecule has 2 aromatic heterocycles. The van der Waals surface area contributed by atoms with Crippen LogP contribution >= 0.6 is 0 Å². The van der Waals surface area contributed by atoms with Crippen molar-refractivity contribution in [2.24, 2.45) is 0 Å². The van der Waals surface area contributed by atoms with Gasteiger partial charge < -0.3 is 10.4 Å². The van der Waals surface area contributed by atoms with E-state index in [4.69, 9.17) is 0 Å². The Morgan fingerprint density at radius 3 is 2.91 bits per heavy atom. The molecule has 1 aromatic carbocycles. The number of phenols is 1. The number of rotatable bonds is 3. The number of anilines is 1. The fourth-order valence-corrected chi connectivity index (χ4v) is 1.84. The van der Waals surface area contributed by atoms with Crippen molar-refractivity contribution < 1.29 is 14.3 Å². The Hall–Kier alpha value is -3.29. The summed E-state index contributed by atoms with van der Waals surface area (Å²) in [5.41, 5.74) is 0.750. The SMILES string of the molecule is O=C(Nc1cc(-c2cc(F)ccc2O)[nH]n1)c1cnccn1. The third kappa shape index (κ3) is 2.75. The third-order valence-electron chi connectivity index (χ3n) is 2.86. The van der Waals surface area contributed by atoms with Gasteiger partial charge in [-0.2, -0.15) is 5.10 Å². The van der Waals surface area contributed by atoms with Crippen LogP contribution in [0.1, 0.15) is 10.5 Å². The molecule has 22 heavy (non-hydrogen) atoms. The lowest BCUT2D eigenvalue weighted by Crippen LogP contribution is -2.13. The van der Waals surface area contributed by atoms with Gasteiger partial charge in [0.25, 0.3) is 5.91 Å². The lowest BCUT2D eigenvalue weighted by molar-refractivity contribution is 0.102. The first-order valence-electron chi connectivity index (χ1n) is 6.25. The summed E-state index contributed by atoms with van der Waals surface area (Å²) in [5.74, 6) is -0.853. The van der Waals surface area contributed by atoms with E-state index in [1.54, 1.807) is 0 Å². The summed E-state index contributed by atoms with van der Waals surface area (Å²) in [4.78, 5) is 19.6. The van der Waals surface area contributed by atoms with Crippen LogP contribution < -0.4 is 5.32 Å². The predicted octanol–water partition coefficient (Wildman–Crippen LogP) is 1.96. The van der Waals surface area contributed by atoms with E-state index in [2.05, 4.69) is 25.5 Å². The smallest absolute Gasteiger partial charge is 0.277 e. The Balaban J connectivity index is 1.82. The van der Waals surface area contributed by atoms with Gasteiger partial charge in [-0.3, -0.25) is 14.9 Å². The van der Waals surface area contributed by atoms with Gasteiger partial charge in [-0.25, -0.2) is 9.37 Å². The number of halogens is 1. The molecule has 0 radical (unpaired) electrons. The van der Waals surface area contributed by atoms with Crippen LogP contribution in [0.25, 0.3) is 11.3 Å². The topological polar surface area (TPSA) is 104 Å². The summed E-state index contributed by atoms with van der Waals surface area (Å²) in [6.45, 7) is 0. The van der Waals surface area contributed by atoms with E-state index in [0.717, 1.165) is 12.1 Å². The van der Waals surface area contributed by atoms with E-state index in [-0.39, 0.29) is 22.8 Å². The zero-order valence-corrected chi connectivity index (χ0v) is 11.1. The summed E-state index contributed by atoms with van der Waals surface area (Å²) in [6, 6.07) is 5.02. The van der Waals surface area contributed by atoms with Gasteiger partial charge in [0.2, 0.25) is 0 Å². The minimum Gasteiger partial charge on any atom is -0.507 e. The summed E-state index contributed by atoms with van der Waals surface area (Å²) in [5, 5.41) is 18.8. The molecule has 0 aliphatic carbocycles. The third-order valence-corrected chi connectivity index (χ3v) is 2.86. The molecule has 3 rings (SSSR count). The maximum absolute atomic E-state index is 13.2. The first-order chi connectivity index (χ1) is 10.6. The van der Waals surface area contributed by atoms with E-state index < -0.39 is 11.7 Å². The molecular weight excluding hydrogens is 289 g/mol. The average molecular weight is 299 g/mol. The maximum Gasteiger partial charge on any atom is 0.277 e. The Bertz CT molecular complexity index is 819. The fraction of sp³-hybridized carbons (Fsp3) is 0. The van der Waals surface area contributed by atoms with Crippen LogP contribution in [0.2, 0.25) is 0 Å². The second kappa shape index (κ2) is 5.60. The van der Waals surface area contributed by atoms with Crippen molar-refractivity contribution in [1.29, 1.82) is 0 Å². The van der Waals surface area contributed by atoms with Gasteiger partial charge in [0, 0.05) is 24.0 Å². The molecule has 0 fully saturated rings. The number of aromatic amines is 1. The van der Waals surface area contributed by atoms with E-state index in [1.807, 2.05) is 0 Å². The Labute approximate surface area is 123 Å². The van der Waals surface area contributed by atoms with Gasteiger partial charge in [-0.05, 0) is 18.2 Å². The second-order valence-electron chi connectivity index (χ2n) is 4.37. The highest BCUT2D eigenvalue weighted by Crippen LogP contribution is 2.29. The highest BCUT2D eigenvalue weighted by molar-refractivity contribution is 6.02. The van der Waals surface area contributed by atoms with E-state index in [0.29, 0.717) is 5.69 Å². The molecule has 0 atom stereocenters. The monoisotopic (exact) mass is 299 g/mol. The summed E-state index contributed by atoms with van der Waals surface area (Å²) in [6.07, 6.45) is 4.17. The van der Waals surface area contributed by atoms with Gasteiger partial charge in [-0.1, -0.05) is 0 Å². The van der Waals surface area contributed by atoms with Crippen LogP contribution in [0.3, 0.4) is 0 Å². The van der Waals surface area contributed by atoms with Gasteiger partial charge in [0.1, 0.15) is 17.3 Å². The number of carbonyl (C=O) groups excluding carboxylic acids is 1. The van der Waals surface area contributed by atoms with Crippen molar-refractivity contribution in [2.45, 2.75) is 0 Å². The number of benzene rings is 1. The summed E-state index contributed by atoms with van der Waals surface area (Å²) < 4.78 is 13.2. The summed E-state index contributed by atoms with van der Waals surface area (Å²) >= 11 is 0. The molecular formula is C14H10FN5O2. The van der Waals surface area contributed by atoms with Crippen molar-refractivity contribution in [1.82, 2.24) is 20.2 Å². The first kappa shape index (κ1) is 13.7. The summed E-state index contributed by atoms with van der Waals surface area (Å²) in [7, 11) is 0. The second-order valence-corrected chi connectivity index (χ2v) is 4.37. The normalized spacial score (nSPS) is 10.4. The number of aromatic hydroxyl groups is 1. The van der Waals surface area contributed by atoms with Gasteiger partial charge >= 0.3 is 0 Å². The van der Waals surface area contributed by atoms with Crippen LogP contribution in [-0.4, -0.2) is 31.2 Å².